The molecule has 0 aromatic carbocycles. The molecule has 2 nitrogen and oxygen atoms in total. The van der Waals surface area contributed by atoms with E-state index in [-0.39, 0.29) is 4.75 Å². The molecular formula is C11H25NOS. The van der Waals surface area contributed by atoms with Gasteiger partial charge in [0.05, 0.1) is 5.60 Å². The molecule has 86 valence electrons. The predicted octanol–water partition coefficient (Wildman–Crippen LogP) is 2.27. The van der Waals surface area contributed by atoms with E-state index in [0.717, 1.165) is 19.4 Å². The third kappa shape index (κ3) is 5.23. The summed E-state index contributed by atoms with van der Waals surface area (Å²) >= 11 is 1.85. The van der Waals surface area contributed by atoms with Crippen LogP contribution in [-0.4, -0.2) is 34.8 Å². The molecule has 0 heterocycles. The Hall–Kier alpha value is 0.270. The van der Waals surface area contributed by atoms with Gasteiger partial charge in [0.15, 0.2) is 0 Å². The molecule has 0 saturated carbocycles. The Morgan fingerprint density at radius 1 is 1.14 bits per heavy atom. The van der Waals surface area contributed by atoms with Gasteiger partial charge >= 0.3 is 0 Å². The van der Waals surface area contributed by atoms with Crippen LogP contribution in [0, 0.1) is 0 Å². The van der Waals surface area contributed by atoms with Crippen LogP contribution in [0.3, 0.4) is 0 Å². The molecule has 14 heavy (non-hydrogen) atoms. The van der Waals surface area contributed by atoms with Gasteiger partial charge in [-0.3, -0.25) is 0 Å². The molecule has 0 rings (SSSR count). The van der Waals surface area contributed by atoms with Crippen LogP contribution in [0.5, 0.6) is 0 Å². The molecule has 0 aromatic rings. The zero-order chi connectivity index (χ0) is 11.2. The zero-order valence-electron chi connectivity index (χ0n) is 10.2. The normalized spacial score (nSPS) is 13.3. The minimum atomic E-state index is -0.519. The highest BCUT2D eigenvalue weighted by Gasteiger charge is 2.23. The lowest BCUT2D eigenvalue weighted by atomic mass is 9.97. The first-order chi connectivity index (χ1) is 6.39. The minimum absolute atomic E-state index is 0.252. The van der Waals surface area contributed by atoms with Crippen molar-refractivity contribution >= 4 is 11.8 Å². The largest absolute Gasteiger partial charge is 0.389 e. The van der Waals surface area contributed by atoms with Crippen molar-refractivity contribution in [2.45, 2.75) is 50.9 Å². The maximum Gasteiger partial charge on any atom is 0.0766 e. The molecule has 0 atom stereocenters. The highest BCUT2D eigenvalue weighted by molar-refractivity contribution is 7.99. The molecule has 0 aliphatic rings. The molecule has 0 radical (unpaired) electrons. The predicted molar refractivity (Wildman–Crippen MR) is 66.0 cm³/mol. The summed E-state index contributed by atoms with van der Waals surface area (Å²) in [4.78, 5) is 0. The van der Waals surface area contributed by atoms with Gasteiger partial charge in [-0.05, 0) is 32.9 Å². The van der Waals surface area contributed by atoms with E-state index in [4.69, 9.17) is 0 Å². The molecule has 0 bridgehead atoms. The first kappa shape index (κ1) is 14.3. The summed E-state index contributed by atoms with van der Waals surface area (Å²) in [6.45, 7) is 10.1. The van der Waals surface area contributed by atoms with Crippen molar-refractivity contribution in [2.24, 2.45) is 0 Å². The quantitative estimate of drug-likeness (QED) is 0.689. The third-order valence-electron chi connectivity index (χ3n) is 2.87. The summed E-state index contributed by atoms with van der Waals surface area (Å²) in [7, 11) is 0. The van der Waals surface area contributed by atoms with Gasteiger partial charge in [-0.25, -0.2) is 0 Å². The second kappa shape index (κ2) is 5.99. The molecule has 0 aromatic heterocycles. The van der Waals surface area contributed by atoms with Gasteiger partial charge in [-0.1, -0.05) is 13.8 Å². The van der Waals surface area contributed by atoms with Crippen LogP contribution < -0.4 is 5.32 Å². The monoisotopic (exact) mass is 219 g/mol. The number of rotatable bonds is 7. The Kier molecular flexibility index (Phi) is 6.10. The van der Waals surface area contributed by atoms with Crippen molar-refractivity contribution in [2.75, 3.05) is 19.3 Å². The Morgan fingerprint density at radius 3 is 2.00 bits per heavy atom. The summed E-state index contributed by atoms with van der Waals surface area (Å²) in [5.41, 5.74) is -0.519. The minimum Gasteiger partial charge on any atom is -0.389 e. The fourth-order valence-electron chi connectivity index (χ4n) is 1.17. The second-order valence-corrected chi connectivity index (χ2v) is 6.01. The maximum atomic E-state index is 10.0. The molecule has 0 unspecified atom stereocenters. The number of nitrogens with one attached hydrogen (secondary N) is 1. The topological polar surface area (TPSA) is 32.3 Å². The Balaban J connectivity index is 3.83. The number of aliphatic hydroxyl groups is 1. The van der Waals surface area contributed by atoms with E-state index in [1.54, 1.807) is 0 Å². The zero-order valence-corrected chi connectivity index (χ0v) is 11.0. The smallest absolute Gasteiger partial charge is 0.0766 e. The van der Waals surface area contributed by atoms with E-state index >= 15 is 0 Å². The van der Waals surface area contributed by atoms with Gasteiger partial charge in [0.1, 0.15) is 0 Å². The van der Waals surface area contributed by atoms with Crippen molar-refractivity contribution in [3.63, 3.8) is 0 Å². The molecule has 2 N–H and O–H groups in total. The SMILES string of the molecule is CCC(O)(CC)CNCC(C)(C)SC. The summed E-state index contributed by atoms with van der Waals surface area (Å²) in [5, 5.41) is 13.4. The van der Waals surface area contributed by atoms with Crippen molar-refractivity contribution in [3.8, 4) is 0 Å². The summed E-state index contributed by atoms with van der Waals surface area (Å²) in [6.07, 6.45) is 3.75. The van der Waals surface area contributed by atoms with Crippen LogP contribution in [0.4, 0.5) is 0 Å². The van der Waals surface area contributed by atoms with Crippen LogP contribution in [0.25, 0.3) is 0 Å². The third-order valence-corrected chi connectivity index (χ3v) is 4.12. The van der Waals surface area contributed by atoms with Crippen LogP contribution in [0.15, 0.2) is 0 Å². The van der Waals surface area contributed by atoms with E-state index in [0.29, 0.717) is 6.54 Å². The van der Waals surface area contributed by atoms with E-state index in [1.807, 2.05) is 25.6 Å². The fraction of sp³-hybridized carbons (Fsp3) is 1.00. The van der Waals surface area contributed by atoms with E-state index in [9.17, 15) is 5.11 Å². The van der Waals surface area contributed by atoms with Gasteiger partial charge in [-0.15, -0.1) is 0 Å². The van der Waals surface area contributed by atoms with E-state index in [1.165, 1.54) is 0 Å². The highest BCUT2D eigenvalue weighted by Crippen LogP contribution is 2.20. The van der Waals surface area contributed by atoms with Crippen LogP contribution in [0.1, 0.15) is 40.5 Å². The summed E-state index contributed by atoms with van der Waals surface area (Å²) in [6, 6.07) is 0. The number of hydrogen-bond donors (Lipinski definition) is 2. The standard InChI is InChI=1S/C11H25NOS/c1-6-11(13,7-2)9-12-8-10(3,4)14-5/h12-13H,6-9H2,1-5H3. The van der Waals surface area contributed by atoms with Crippen LogP contribution in [0.2, 0.25) is 0 Å². The molecule has 0 aliphatic carbocycles. The van der Waals surface area contributed by atoms with Crippen molar-refractivity contribution in [1.29, 1.82) is 0 Å². The lowest BCUT2D eigenvalue weighted by Crippen LogP contribution is -2.43. The fourth-order valence-corrected chi connectivity index (χ4v) is 1.41. The van der Waals surface area contributed by atoms with Gasteiger partial charge in [0, 0.05) is 17.8 Å². The molecular weight excluding hydrogens is 194 g/mol. The van der Waals surface area contributed by atoms with Crippen molar-refractivity contribution in [3.05, 3.63) is 0 Å². The van der Waals surface area contributed by atoms with Crippen molar-refractivity contribution in [1.82, 2.24) is 5.32 Å². The van der Waals surface area contributed by atoms with Crippen LogP contribution in [-0.2, 0) is 0 Å². The molecule has 0 fully saturated rings. The average molecular weight is 219 g/mol. The van der Waals surface area contributed by atoms with Gasteiger partial charge < -0.3 is 10.4 Å². The lowest BCUT2D eigenvalue weighted by molar-refractivity contribution is 0.0324. The number of thioether (sulfide) groups is 1. The molecule has 0 aliphatic heterocycles. The first-order valence-corrected chi connectivity index (χ1v) is 6.60. The maximum absolute atomic E-state index is 10.0. The number of hydrogen-bond acceptors (Lipinski definition) is 3. The Bertz CT molecular complexity index is 155. The van der Waals surface area contributed by atoms with Gasteiger partial charge in [-0.2, -0.15) is 11.8 Å². The van der Waals surface area contributed by atoms with E-state index in [2.05, 4.69) is 25.4 Å². The Labute approximate surface area is 92.9 Å². The second-order valence-electron chi connectivity index (χ2n) is 4.50. The first-order valence-electron chi connectivity index (χ1n) is 5.37. The van der Waals surface area contributed by atoms with E-state index < -0.39 is 5.60 Å². The highest BCUT2D eigenvalue weighted by atomic mass is 32.2. The molecule has 3 heteroatoms. The molecule has 0 saturated heterocycles. The average Bonchev–Trinajstić information content (AvgIpc) is 2.17. The molecule has 0 spiro atoms. The Morgan fingerprint density at radius 2 is 1.64 bits per heavy atom. The molecule has 0 amide bonds. The van der Waals surface area contributed by atoms with Gasteiger partial charge in [0.2, 0.25) is 0 Å². The summed E-state index contributed by atoms with van der Waals surface area (Å²) < 4.78 is 0.252. The lowest BCUT2D eigenvalue weighted by Gasteiger charge is -2.29. The van der Waals surface area contributed by atoms with Crippen molar-refractivity contribution < 1.29 is 5.11 Å². The van der Waals surface area contributed by atoms with Gasteiger partial charge in [0.25, 0.3) is 0 Å². The van der Waals surface area contributed by atoms with Crippen LogP contribution >= 0.6 is 11.8 Å². The summed E-state index contributed by atoms with van der Waals surface area (Å²) in [5.74, 6) is 0.